The van der Waals surface area contributed by atoms with Crippen molar-refractivity contribution < 1.29 is 28.5 Å². The summed E-state index contributed by atoms with van der Waals surface area (Å²) in [6.07, 6.45) is 0.463. The van der Waals surface area contributed by atoms with Gasteiger partial charge in [-0.1, -0.05) is 49.7 Å². The summed E-state index contributed by atoms with van der Waals surface area (Å²) in [7, 11) is 4.72. The van der Waals surface area contributed by atoms with Crippen LogP contribution in [0.1, 0.15) is 63.8 Å². The Kier molecular flexibility index (Phi) is 18.6. The molecule has 0 saturated carbocycles. The molecular formula is C28H45NO6. The number of carbonyl (C=O) groups is 2. The summed E-state index contributed by atoms with van der Waals surface area (Å²) in [6.45, 7) is 16.5. The Bertz CT molecular complexity index is 859. The fourth-order valence-corrected chi connectivity index (χ4v) is 2.85. The molecule has 0 spiro atoms. The number of alkyl carbamates (subject to hydrolysis) is 1. The zero-order valence-electron chi connectivity index (χ0n) is 23.4. The number of benzene rings is 2. The first-order valence-corrected chi connectivity index (χ1v) is 11.7. The molecule has 0 saturated heterocycles. The number of rotatable bonds is 6. The van der Waals surface area contributed by atoms with E-state index in [0.717, 1.165) is 29.0 Å². The number of methoxy groups -OCH3 is 3. The highest BCUT2D eigenvalue weighted by Gasteiger charge is 2.15. The van der Waals surface area contributed by atoms with Crippen molar-refractivity contribution in [1.82, 2.24) is 5.32 Å². The number of amides is 1. The van der Waals surface area contributed by atoms with Crippen LogP contribution in [0.25, 0.3) is 0 Å². The van der Waals surface area contributed by atoms with Gasteiger partial charge in [0.15, 0.2) is 0 Å². The maximum Gasteiger partial charge on any atom is 0.407 e. The van der Waals surface area contributed by atoms with Crippen LogP contribution in [-0.2, 0) is 20.7 Å². The Hall–Kier alpha value is -3.22. The van der Waals surface area contributed by atoms with Gasteiger partial charge in [-0.3, -0.25) is 4.79 Å². The minimum atomic E-state index is -0.390. The molecule has 1 N–H and O–H groups in total. The number of hydrogen-bond acceptors (Lipinski definition) is 6. The van der Waals surface area contributed by atoms with Crippen molar-refractivity contribution in [3.8, 4) is 11.5 Å². The van der Waals surface area contributed by atoms with Crippen LogP contribution in [0, 0.1) is 13.8 Å². The summed E-state index contributed by atoms with van der Waals surface area (Å²) in [5.41, 5.74) is 4.38. The highest BCUT2D eigenvalue weighted by Crippen LogP contribution is 2.33. The Morgan fingerprint density at radius 1 is 1.00 bits per heavy atom. The maximum atomic E-state index is 10.7. The minimum Gasteiger partial charge on any atom is -0.496 e. The van der Waals surface area contributed by atoms with Crippen LogP contribution < -0.4 is 14.8 Å². The van der Waals surface area contributed by atoms with Crippen molar-refractivity contribution in [1.29, 1.82) is 0 Å². The van der Waals surface area contributed by atoms with Crippen LogP contribution in [-0.4, -0.2) is 46.0 Å². The lowest BCUT2D eigenvalue weighted by Gasteiger charge is -2.19. The van der Waals surface area contributed by atoms with Gasteiger partial charge in [0.1, 0.15) is 17.1 Å². The van der Waals surface area contributed by atoms with Crippen molar-refractivity contribution in [2.24, 2.45) is 0 Å². The zero-order valence-corrected chi connectivity index (χ0v) is 23.4. The van der Waals surface area contributed by atoms with Crippen molar-refractivity contribution in [3.05, 3.63) is 58.7 Å². The summed E-state index contributed by atoms with van der Waals surface area (Å²) < 4.78 is 19.8. The molecule has 35 heavy (non-hydrogen) atoms. The predicted molar refractivity (Wildman–Crippen MR) is 143 cm³/mol. The fourth-order valence-electron chi connectivity index (χ4n) is 2.85. The van der Waals surface area contributed by atoms with Gasteiger partial charge >= 0.3 is 6.09 Å². The second-order valence-corrected chi connectivity index (χ2v) is 8.13. The Morgan fingerprint density at radius 2 is 1.60 bits per heavy atom. The Labute approximate surface area is 212 Å². The van der Waals surface area contributed by atoms with E-state index in [1.807, 2.05) is 53.7 Å². The van der Waals surface area contributed by atoms with Gasteiger partial charge in [0.05, 0.1) is 21.3 Å². The van der Waals surface area contributed by atoms with E-state index in [0.29, 0.717) is 13.0 Å². The lowest BCUT2D eigenvalue weighted by Crippen LogP contribution is -2.32. The smallest absolute Gasteiger partial charge is 0.407 e. The third kappa shape index (κ3) is 15.3. The van der Waals surface area contributed by atoms with E-state index >= 15 is 0 Å². The molecule has 2 aromatic rings. The van der Waals surface area contributed by atoms with Gasteiger partial charge in [-0.25, -0.2) is 4.79 Å². The van der Waals surface area contributed by atoms with Crippen LogP contribution in [0.15, 0.2) is 36.4 Å². The summed E-state index contributed by atoms with van der Waals surface area (Å²) in [4.78, 5) is 19.7. The first-order chi connectivity index (χ1) is 16.5. The lowest BCUT2D eigenvalue weighted by molar-refractivity contribution is -0.126. The molecule has 0 atom stereocenters. The molecule has 1 amide bonds. The lowest BCUT2D eigenvalue weighted by atomic mass is 9.99. The molecule has 198 valence electrons. The van der Waals surface area contributed by atoms with E-state index in [2.05, 4.69) is 48.2 Å². The number of aryl methyl sites for hydroxylation is 2. The molecule has 0 heterocycles. The molecule has 0 fully saturated rings. The van der Waals surface area contributed by atoms with Gasteiger partial charge in [-0.05, 0) is 58.7 Å². The van der Waals surface area contributed by atoms with E-state index in [9.17, 15) is 4.79 Å². The quantitative estimate of drug-likeness (QED) is 0.480. The Balaban J connectivity index is 0. The molecule has 2 aromatic carbocycles. The van der Waals surface area contributed by atoms with E-state index < -0.39 is 0 Å². The average Bonchev–Trinajstić information content (AvgIpc) is 2.80. The molecule has 0 aliphatic rings. The third-order valence-electron chi connectivity index (χ3n) is 4.12. The molecule has 0 aliphatic heterocycles. The maximum absolute atomic E-state index is 10.7. The largest absolute Gasteiger partial charge is 0.496 e. The van der Waals surface area contributed by atoms with Crippen molar-refractivity contribution in [2.75, 3.05) is 27.9 Å². The van der Waals surface area contributed by atoms with E-state index in [1.54, 1.807) is 14.2 Å². The highest BCUT2D eigenvalue weighted by molar-refractivity contribution is 5.67. The fraction of sp³-hybridized carbons (Fsp3) is 0.500. The molecule has 7 nitrogen and oxygen atoms in total. The van der Waals surface area contributed by atoms with Crippen molar-refractivity contribution in [2.45, 2.75) is 67.4 Å². The van der Waals surface area contributed by atoms with Gasteiger partial charge in [0.25, 0.3) is 6.47 Å². The second kappa shape index (κ2) is 19.1. The van der Waals surface area contributed by atoms with E-state index in [4.69, 9.17) is 19.0 Å². The molecule has 2 rings (SSSR count). The van der Waals surface area contributed by atoms with Crippen molar-refractivity contribution >= 4 is 12.6 Å². The molecule has 0 radical (unpaired) electrons. The van der Waals surface area contributed by atoms with Gasteiger partial charge in [0, 0.05) is 18.5 Å². The van der Waals surface area contributed by atoms with Crippen LogP contribution >= 0.6 is 0 Å². The van der Waals surface area contributed by atoms with Gasteiger partial charge in [-0.2, -0.15) is 0 Å². The molecule has 0 bridgehead atoms. The van der Waals surface area contributed by atoms with Crippen molar-refractivity contribution in [3.63, 3.8) is 0 Å². The number of ether oxygens (including phenoxy) is 4. The monoisotopic (exact) mass is 491 g/mol. The number of hydrogen-bond donors (Lipinski definition) is 1. The Morgan fingerprint density at radius 3 is 2.03 bits per heavy atom. The molecule has 7 heteroatoms. The number of nitrogens with one attached hydrogen (secondary N) is 1. The minimum absolute atomic E-state index is 0.352. The third-order valence-corrected chi connectivity index (χ3v) is 4.12. The topological polar surface area (TPSA) is 83.1 Å². The first kappa shape index (κ1) is 34.0. The standard InChI is InChI=1S/C17H20O2.C7H15NO2.C2H4O2.C2H6/c1-12-6-5-7-14(10-12)11-15-16(18-3)9-8-13(2)17(15)19-4;1-5-8-6(9)10-7(2,3)4;1-4-2-3;1-2/h5-10H,11H2,1-4H3;5H2,1-4H3,(H,8,9);2H,1H3;1-2H3. The zero-order chi connectivity index (χ0) is 27.4. The normalized spacial score (nSPS) is 9.46. The number of carbonyl (C=O) groups excluding carboxylic acids is 2. The highest BCUT2D eigenvalue weighted by atomic mass is 16.6. The molecule has 0 aliphatic carbocycles. The van der Waals surface area contributed by atoms with Crippen LogP contribution in [0.2, 0.25) is 0 Å². The van der Waals surface area contributed by atoms with Gasteiger partial charge in [-0.15, -0.1) is 0 Å². The van der Waals surface area contributed by atoms with Crippen LogP contribution in [0.3, 0.4) is 0 Å². The summed E-state index contributed by atoms with van der Waals surface area (Å²) >= 11 is 0. The summed E-state index contributed by atoms with van der Waals surface area (Å²) in [5.74, 6) is 1.80. The second-order valence-electron chi connectivity index (χ2n) is 8.13. The van der Waals surface area contributed by atoms with E-state index in [-0.39, 0.29) is 11.7 Å². The van der Waals surface area contributed by atoms with Gasteiger partial charge < -0.3 is 24.3 Å². The van der Waals surface area contributed by atoms with Crippen LogP contribution in [0.4, 0.5) is 4.79 Å². The molecule has 0 unspecified atom stereocenters. The van der Waals surface area contributed by atoms with Crippen LogP contribution in [0.5, 0.6) is 11.5 Å². The first-order valence-electron chi connectivity index (χ1n) is 11.7. The summed E-state index contributed by atoms with van der Waals surface area (Å²) in [6, 6.07) is 12.5. The average molecular weight is 492 g/mol. The SMILES string of the molecule is CC.CCNC(=O)OC(C)(C)C.COC=O.COc1ccc(C)c(OC)c1Cc1cccc(C)c1. The molecule has 0 aromatic heterocycles. The van der Waals surface area contributed by atoms with Gasteiger partial charge in [0.2, 0.25) is 0 Å². The van der Waals surface area contributed by atoms with E-state index in [1.165, 1.54) is 18.2 Å². The predicted octanol–water partition coefficient (Wildman–Crippen LogP) is 6.26. The summed E-state index contributed by atoms with van der Waals surface area (Å²) in [5, 5.41) is 2.54. The molecular weight excluding hydrogens is 446 g/mol.